The molecule has 4 nitrogen and oxygen atoms in total. The molecule has 0 aliphatic carbocycles. The molecule has 0 amide bonds. The predicted molar refractivity (Wildman–Crippen MR) is 77.0 cm³/mol. The minimum absolute atomic E-state index is 0.192. The van der Waals surface area contributed by atoms with Gasteiger partial charge in [0, 0.05) is 16.6 Å². The molecule has 0 N–H and O–H groups in total. The molecule has 0 saturated heterocycles. The molecule has 0 saturated carbocycles. The first-order valence-corrected chi connectivity index (χ1v) is 6.63. The predicted octanol–water partition coefficient (Wildman–Crippen LogP) is 5.25. The van der Waals surface area contributed by atoms with E-state index in [1.807, 2.05) is 0 Å². The Morgan fingerprint density at radius 1 is 1.30 bits per heavy atom. The Morgan fingerprint density at radius 3 is 2.60 bits per heavy atom. The number of rotatable bonds is 3. The zero-order valence-electron chi connectivity index (χ0n) is 10.2. The molecular formula is C13H8BrClFNO3. The van der Waals surface area contributed by atoms with Gasteiger partial charge in [-0.25, -0.2) is 4.39 Å². The van der Waals surface area contributed by atoms with E-state index >= 15 is 0 Å². The van der Waals surface area contributed by atoms with E-state index in [0.717, 1.165) is 22.2 Å². The molecule has 7 heteroatoms. The van der Waals surface area contributed by atoms with Crippen molar-refractivity contribution < 1.29 is 14.1 Å². The summed E-state index contributed by atoms with van der Waals surface area (Å²) in [7, 11) is 0. The smallest absolute Gasteiger partial charge is 0.313 e. The van der Waals surface area contributed by atoms with E-state index < -0.39 is 16.4 Å². The number of hydrogen-bond acceptors (Lipinski definition) is 3. The quantitative estimate of drug-likeness (QED) is 0.555. The fourth-order valence-electron chi connectivity index (χ4n) is 1.59. The van der Waals surface area contributed by atoms with Crippen molar-refractivity contribution in [2.24, 2.45) is 0 Å². The average Bonchev–Trinajstić information content (AvgIpc) is 2.36. The summed E-state index contributed by atoms with van der Waals surface area (Å²) in [4.78, 5) is 10.3. The van der Waals surface area contributed by atoms with Gasteiger partial charge in [0.15, 0.2) is 0 Å². The van der Waals surface area contributed by atoms with Gasteiger partial charge in [-0.15, -0.1) is 0 Å². The lowest BCUT2D eigenvalue weighted by atomic mass is 10.2. The van der Waals surface area contributed by atoms with Gasteiger partial charge in [-0.05, 0) is 30.7 Å². The number of hydrogen-bond donors (Lipinski definition) is 0. The first-order chi connectivity index (χ1) is 9.38. The summed E-state index contributed by atoms with van der Waals surface area (Å²) in [6.45, 7) is 1.78. The second-order valence-corrected chi connectivity index (χ2v) is 5.33. The van der Waals surface area contributed by atoms with Crippen molar-refractivity contribution in [2.75, 3.05) is 0 Å². The summed E-state index contributed by atoms with van der Waals surface area (Å²) >= 11 is 8.84. The third-order valence-corrected chi connectivity index (χ3v) is 3.34. The molecule has 0 heterocycles. The molecule has 0 atom stereocenters. The van der Waals surface area contributed by atoms with Gasteiger partial charge in [0.25, 0.3) is 0 Å². The van der Waals surface area contributed by atoms with Gasteiger partial charge < -0.3 is 4.74 Å². The number of ether oxygens (including phenoxy) is 1. The molecule has 2 aromatic rings. The molecular weight excluding hydrogens is 353 g/mol. The third kappa shape index (κ3) is 3.08. The van der Waals surface area contributed by atoms with E-state index in [2.05, 4.69) is 15.9 Å². The number of benzene rings is 2. The second kappa shape index (κ2) is 5.76. The minimum Gasteiger partial charge on any atom is -0.450 e. The van der Waals surface area contributed by atoms with Gasteiger partial charge in [0.05, 0.1) is 9.95 Å². The van der Waals surface area contributed by atoms with Crippen LogP contribution in [-0.2, 0) is 0 Å². The molecule has 2 aromatic carbocycles. The van der Waals surface area contributed by atoms with Crippen LogP contribution in [0.2, 0.25) is 5.02 Å². The summed E-state index contributed by atoms with van der Waals surface area (Å²) in [5.41, 5.74) is 0.364. The van der Waals surface area contributed by atoms with Crippen LogP contribution < -0.4 is 4.74 Å². The molecule has 0 fully saturated rings. The van der Waals surface area contributed by atoms with E-state index in [4.69, 9.17) is 16.3 Å². The maximum absolute atomic E-state index is 13.4. The summed E-state index contributed by atoms with van der Waals surface area (Å²) < 4.78 is 19.7. The SMILES string of the molecule is Cc1cc(Br)ccc1Oc1cc(F)c(Cl)cc1[N+](=O)[O-]. The van der Waals surface area contributed by atoms with Crippen molar-refractivity contribution in [1.29, 1.82) is 0 Å². The Hall–Kier alpha value is -1.66. The molecule has 20 heavy (non-hydrogen) atoms. The minimum atomic E-state index is -0.776. The van der Waals surface area contributed by atoms with Crippen molar-refractivity contribution >= 4 is 33.2 Å². The first kappa shape index (κ1) is 14.7. The zero-order chi connectivity index (χ0) is 14.9. The molecule has 0 unspecified atom stereocenters. The number of aryl methyl sites for hydroxylation is 1. The summed E-state index contributed by atoms with van der Waals surface area (Å²) in [5, 5.41) is 10.6. The van der Waals surface area contributed by atoms with Crippen LogP contribution in [0.5, 0.6) is 11.5 Å². The molecule has 0 spiro atoms. The number of nitrogens with zero attached hydrogens (tertiary/aromatic N) is 1. The maximum Gasteiger partial charge on any atom is 0.313 e. The van der Waals surface area contributed by atoms with Gasteiger partial charge in [-0.2, -0.15) is 0 Å². The van der Waals surface area contributed by atoms with Gasteiger partial charge in [-0.1, -0.05) is 27.5 Å². The molecule has 104 valence electrons. The Kier molecular flexibility index (Phi) is 4.25. The zero-order valence-corrected chi connectivity index (χ0v) is 12.5. The lowest BCUT2D eigenvalue weighted by molar-refractivity contribution is -0.385. The van der Waals surface area contributed by atoms with E-state index in [1.54, 1.807) is 25.1 Å². The van der Waals surface area contributed by atoms with Gasteiger partial charge >= 0.3 is 5.69 Å². The first-order valence-electron chi connectivity index (χ1n) is 5.46. The Balaban J connectivity index is 2.47. The van der Waals surface area contributed by atoms with E-state index in [9.17, 15) is 14.5 Å². The van der Waals surface area contributed by atoms with Crippen LogP contribution in [0.25, 0.3) is 0 Å². The average molecular weight is 361 g/mol. The summed E-state index contributed by atoms with van der Waals surface area (Å²) in [6, 6.07) is 6.98. The Morgan fingerprint density at radius 2 is 2.00 bits per heavy atom. The number of nitro benzene ring substituents is 1. The van der Waals surface area contributed by atoms with E-state index in [1.165, 1.54) is 0 Å². The standard InChI is InChI=1S/C13H8BrClFNO3/c1-7-4-8(14)2-3-12(7)20-13-6-10(16)9(15)5-11(13)17(18)19/h2-6H,1H3. The van der Waals surface area contributed by atoms with E-state index in [0.29, 0.717) is 5.75 Å². The van der Waals surface area contributed by atoms with Crippen molar-refractivity contribution in [3.8, 4) is 11.5 Å². The molecule has 0 aromatic heterocycles. The van der Waals surface area contributed by atoms with Gasteiger partial charge in [0.1, 0.15) is 11.6 Å². The lowest BCUT2D eigenvalue weighted by Crippen LogP contribution is -1.96. The highest BCUT2D eigenvalue weighted by atomic mass is 79.9. The van der Waals surface area contributed by atoms with Crippen LogP contribution >= 0.6 is 27.5 Å². The van der Waals surface area contributed by atoms with Gasteiger partial charge in [-0.3, -0.25) is 10.1 Å². The van der Waals surface area contributed by atoms with Crippen molar-refractivity contribution in [3.63, 3.8) is 0 Å². The van der Waals surface area contributed by atoms with Crippen molar-refractivity contribution in [2.45, 2.75) is 6.92 Å². The fraction of sp³-hybridized carbons (Fsp3) is 0.0769. The topological polar surface area (TPSA) is 52.4 Å². The molecule has 2 rings (SSSR count). The lowest BCUT2D eigenvalue weighted by Gasteiger charge is -2.10. The largest absolute Gasteiger partial charge is 0.450 e. The fourth-order valence-corrected chi connectivity index (χ4v) is 2.22. The Bertz CT molecular complexity index is 694. The molecule has 0 aliphatic heterocycles. The molecule has 0 radical (unpaired) electrons. The third-order valence-electron chi connectivity index (χ3n) is 2.56. The highest BCUT2D eigenvalue weighted by Gasteiger charge is 2.20. The Labute approximate surface area is 127 Å². The normalized spacial score (nSPS) is 10.4. The monoisotopic (exact) mass is 359 g/mol. The second-order valence-electron chi connectivity index (χ2n) is 4.00. The summed E-state index contributed by atoms with van der Waals surface area (Å²) in [6.07, 6.45) is 0. The van der Waals surface area contributed by atoms with E-state index in [-0.39, 0.29) is 10.8 Å². The van der Waals surface area contributed by atoms with Crippen LogP contribution in [0.15, 0.2) is 34.8 Å². The van der Waals surface area contributed by atoms with Crippen LogP contribution in [0.1, 0.15) is 5.56 Å². The van der Waals surface area contributed by atoms with Crippen LogP contribution in [-0.4, -0.2) is 4.92 Å². The maximum atomic E-state index is 13.4. The van der Waals surface area contributed by atoms with Crippen LogP contribution in [0, 0.1) is 22.9 Å². The molecule has 0 bridgehead atoms. The number of halogens is 3. The van der Waals surface area contributed by atoms with Crippen LogP contribution in [0.3, 0.4) is 0 Å². The summed E-state index contributed by atoms with van der Waals surface area (Å²) in [5.74, 6) is -0.567. The van der Waals surface area contributed by atoms with Crippen molar-refractivity contribution in [1.82, 2.24) is 0 Å². The highest BCUT2D eigenvalue weighted by Crippen LogP contribution is 2.36. The molecule has 0 aliphatic rings. The van der Waals surface area contributed by atoms with Crippen molar-refractivity contribution in [3.05, 3.63) is 61.3 Å². The number of nitro groups is 1. The highest BCUT2D eigenvalue weighted by molar-refractivity contribution is 9.10. The van der Waals surface area contributed by atoms with Crippen LogP contribution in [0.4, 0.5) is 10.1 Å². The van der Waals surface area contributed by atoms with Gasteiger partial charge in [0.2, 0.25) is 5.75 Å².